The number of rotatable bonds is 3. The Morgan fingerprint density at radius 2 is 2.05 bits per heavy atom. The first-order valence-electron chi connectivity index (χ1n) is 7.98. The molecule has 1 N–H and O–H groups in total. The lowest BCUT2D eigenvalue weighted by Crippen LogP contribution is -2.40. The first-order chi connectivity index (χ1) is 9.86. The van der Waals surface area contributed by atoms with E-state index in [0.29, 0.717) is 12.5 Å². The van der Waals surface area contributed by atoms with Gasteiger partial charge in [0.25, 0.3) is 0 Å². The van der Waals surface area contributed by atoms with E-state index in [-0.39, 0.29) is 11.3 Å². The van der Waals surface area contributed by atoms with Crippen LogP contribution in [0.3, 0.4) is 0 Å². The highest BCUT2D eigenvalue weighted by Crippen LogP contribution is 2.29. The maximum Gasteiger partial charge on any atom is 0.238 e. The van der Waals surface area contributed by atoms with Crippen LogP contribution in [-0.2, 0) is 10.2 Å². The van der Waals surface area contributed by atoms with Gasteiger partial charge in [0.05, 0.1) is 6.54 Å². The molecule has 2 rings (SSSR count). The maximum atomic E-state index is 12.3. The van der Waals surface area contributed by atoms with Crippen molar-refractivity contribution in [1.29, 1.82) is 0 Å². The van der Waals surface area contributed by atoms with Gasteiger partial charge in [-0.25, -0.2) is 0 Å². The minimum absolute atomic E-state index is 0.0313. The van der Waals surface area contributed by atoms with E-state index in [0.717, 1.165) is 18.8 Å². The number of nitrogens with zero attached hydrogens (tertiary/aromatic N) is 1. The summed E-state index contributed by atoms with van der Waals surface area (Å²) in [7, 11) is 0. The lowest BCUT2D eigenvalue weighted by Gasteiger charge is -2.30. The molecular weight excluding hydrogens is 260 g/mol. The highest BCUT2D eigenvalue weighted by molar-refractivity contribution is 5.93. The van der Waals surface area contributed by atoms with Crippen LogP contribution in [0, 0.1) is 5.92 Å². The fraction of sp³-hybridized carbons (Fsp3) is 0.611. The third kappa shape index (κ3) is 4.57. The van der Waals surface area contributed by atoms with Gasteiger partial charge in [0.15, 0.2) is 0 Å². The summed E-state index contributed by atoms with van der Waals surface area (Å²) in [5, 5.41) is 3.10. The summed E-state index contributed by atoms with van der Waals surface area (Å²) in [4.78, 5) is 14.6. The molecular formula is C18H28N2O. The average Bonchev–Trinajstić information content (AvgIpc) is 2.37. The molecule has 1 aliphatic heterocycles. The lowest BCUT2D eigenvalue weighted by molar-refractivity contribution is -0.117. The SMILES string of the molecule is CC1CCCN(CC(=O)Nc2ccccc2C(C)(C)C)C1. The van der Waals surface area contributed by atoms with Gasteiger partial charge < -0.3 is 5.32 Å². The first kappa shape index (κ1) is 16.0. The number of anilines is 1. The largest absolute Gasteiger partial charge is 0.325 e. The summed E-state index contributed by atoms with van der Waals surface area (Å²) in [6.07, 6.45) is 2.48. The van der Waals surface area contributed by atoms with Crippen molar-refractivity contribution < 1.29 is 4.79 Å². The van der Waals surface area contributed by atoms with Gasteiger partial charge in [0.1, 0.15) is 0 Å². The zero-order valence-electron chi connectivity index (χ0n) is 13.8. The number of benzene rings is 1. The van der Waals surface area contributed by atoms with Crippen molar-refractivity contribution >= 4 is 11.6 Å². The Labute approximate surface area is 128 Å². The smallest absolute Gasteiger partial charge is 0.238 e. The highest BCUT2D eigenvalue weighted by Gasteiger charge is 2.21. The zero-order chi connectivity index (χ0) is 15.5. The zero-order valence-corrected chi connectivity index (χ0v) is 13.8. The lowest BCUT2D eigenvalue weighted by atomic mass is 9.86. The molecule has 116 valence electrons. The summed E-state index contributed by atoms with van der Waals surface area (Å²) in [6, 6.07) is 8.10. The van der Waals surface area contributed by atoms with Gasteiger partial charge in [-0.1, -0.05) is 45.9 Å². The van der Waals surface area contributed by atoms with Crippen molar-refractivity contribution in [3.8, 4) is 0 Å². The van der Waals surface area contributed by atoms with E-state index < -0.39 is 0 Å². The molecule has 0 radical (unpaired) electrons. The van der Waals surface area contributed by atoms with E-state index in [1.165, 1.54) is 18.4 Å². The molecule has 0 spiro atoms. The Morgan fingerprint density at radius 3 is 2.71 bits per heavy atom. The molecule has 0 aromatic heterocycles. The molecule has 3 nitrogen and oxygen atoms in total. The molecule has 1 aromatic carbocycles. The molecule has 1 atom stereocenters. The van der Waals surface area contributed by atoms with Crippen LogP contribution in [0.25, 0.3) is 0 Å². The number of nitrogens with one attached hydrogen (secondary N) is 1. The van der Waals surface area contributed by atoms with Crippen molar-refractivity contribution in [3.63, 3.8) is 0 Å². The van der Waals surface area contributed by atoms with E-state index in [1.807, 2.05) is 18.2 Å². The van der Waals surface area contributed by atoms with Gasteiger partial charge >= 0.3 is 0 Å². The van der Waals surface area contributed by atoms with Gasteiger partial charge in [-0.3, -0.25) is 9.69 Å². The van der Waals surface area contributed by atoms with Crippen LogP contribution in [0.1, 0.15) is 46.1 Å². The van der Waals surface area contributed by atoms with Crippen LogP contribution in [0.15, 0.2) is 24.3 Å². The van der Waals surface area contributed by atoms with Crippen molar-refractivity contribution in [1.82, 2.24) is 4.90 Å². The number of likely N-dealkylation sites (tertiary alicyclic amines) is 1. The van der Waals surface area contributed by atoms with Crippen LogP contribution in [-0.4, -0.2) is 30.4 Å². The predicted octanol–water partition coefficient (Wildman–Crippen LogP) is 3.65. The van der Waals surface area contributed by atoms with Crippen molar-refractivity contribution in [2.45, 2.75) is 46.0 Å². The fourth-order valence-electron chi connectivity index (χ4n) is 3.07. The Morgan fingerprint density at radius 1 is 1.33 bits per heavy atom. The fourth-order valence-corrected chi connectivity index (χ4v) is 3.07. The third-order valence-electron chi connectivity index (χ3n) is 4.12. The maximum absolute atomic E-state index is 12.3. The van der Waals surface area contributed by atoms with Gasteiger partial charge in [-0.2, -0.15) is 0 Å². The number of amides is 1. The quantitative estimate of drug-likeness (QED) is 0.920. The minimum Gasteiger partial charge on any atom is -0.325 e. The molecule has 3 heteroatoms. The molecule has 1 unspecified atom stereocenters. The van der Waals surface area contributed by atoms with Crippen LogP contribution in [0.4, 0.5) is 5.69 Å². The molecule has 21 heavy (non-hydrogen) atoms. The molecule has 1 aromatic rings. The number of piperidine rings is 1. The molecule has 1 fully saturated rings. The van der Waals surface area contributed by atoms with Gasteiger partial charge in [-0.15, -0.1) is 0 Å². The Kier molecular flexibility index (Phi) is 5.04. The molecule has 1 amide bonds. The number of hydrogen-bond acceptors (Lipinski definition) is 2. The van der Waals surface area contributed by atoms with Crippen LogP contribution < -0.4 is 5.32 Å². The second-order valence-corrected chi connectivity index (χ2v) is 7.33. The molecule has 0 saturated carbocycles. The molecule has 1 heterocycles. The van der Waals surface area contributed by atoms with E-state index in [2.05, 4.69) is 44.0 Å². The summed E-state index contributed by atoms with van der Waals surface area (Å²) >= 11 is 0. The summed E-state index contributed by atoms with van der Waals surface area (Å²) in [5.41, 5.74) is 2.16. The van der Waals surface area contributed by atoms with Gasteiger partial charge in [0.2, 0.25) is 5.91 Å². The number of carbonyl (C=O) groups is 1. The Balaban J connectivity index is 2.00. The standard InChI is InChI=1S/C18H28N2O/c1-14-8-7-11-20(12-14)13-17(21)19-16-10-6-5-9-15(16)18(2,3)4/h5-6,9-10,14H,7-8,11-13H2,1-4H3,(H,19,21). The summed E-state index contributed by atoms with van der Waals surface area (Å²) in [6.45, 7) is 11.4. The van der Waals surface area contributed by atoms with E-state index in [4.69, 9.17) is 0 Å². The second kappa shape index (κ2) is 6.61. The minimum atomic E-state index is 0.0313. The number of carbonyl (C=O) groups excluding carboxylic acids is 1. The highest BCUT2D eigenvalue weighted by atomic mass is 16.2. The molecule has 0 bridgehead atoms. The average molecular weight is 288 g/mol. The number of hydrogen-bond donors (Lipinski definition) is 1. The Bertz CT molecular complexity index is 490. The van der Waals surface area contributed by atoms with E-state index >= 15 is 0 Å². The van der Waals surface area contributed by atoms with Crippen LogP contribution >= 0.6 is 0 Å². The second-order valence-electron chi connectivity index (χ2n) is 7.33. The first-order valence-corrected chi connectivity index (χ1v) is 7.98. The monoisotopic (exact) mass is 288 g/mol. The molecule has 1 aliphatic rings. The van der Waals surface area contributed by atoms with Crippen LogP contribution in [0.2, 0.25) is 0 Å². The van der Waals surface area contributed by atoms with Crippen molar-refractivity contribution in [2.24, 2.45) is 5.92 Å². The summed E-state index contributed by atoms with van der Waals surface area (Å²) < 4.78 is 0. The topological polar surface area (TPSA) is 32.3 Å². The van der Waals surface area contributed by atoms with Crippen LogP contribution in [0.5, 0.6) is 0 Å². The Hall–Kier alpha value is -1.35. The van der Waals surface area contributed by atoms with E-state index in [1.54, 1.807) is 0 Å². The van der Waals surface area contributed by atoms with Gasteiger partial charge in [0, 0.05) is 12.2 Å². The van der Waals surface area contributed by atoms with Gasteiger partial charge in [-0.05, 0) is 42.3 Å². The number of para-hydroxylation sites is 1. The van der Waals surface area contributed by atoms with Crippen molar-refractivity contribution in [3.05, 3.63) is 29.8 Å². The normalized spacial score (nSPS) is 20.3. The van der Waals surface area contributed by atoms with E-state index in [9.17, 15) is 4.79 Å². The third-order valence-corrected chi connectivity index (χ3v) is 4.12. The van der Waals surface area contributed by atoms with Crippen molar-refractivity contribution in [2.75, 3.05) is 25.0 Å². The predicted molar refractivity (Wildman–Crippen MR) is 88.6 cm³/mol. The molecule has 1 saturated heterocycles. The molecule has 0 aliphatic carbocycles. The summed E-state index contributed by atoms with van der Waals surface area (Å²) in [5.74, 6) is 0.800.